The van der Waals surface area contributed by atoms with Gasteiger partial charge in [-0.15, -0.1) is 0 Å². The van der Waals surface area contributed by atoms with Crippen molar-refractivity contribution in [1.82, 2.24) is 4.31 Å². The molecular weight excluding hydrogens is 428 g/mol. The van der Waals surface area contributed by atoms with Crippen LogP contribution in [0.5, 0.6) is 0 Å². The molecule has 3 atom stereocenters. The fourth-order valence-corrected chi connectivity index (χ4v) is 7.22. The summed E-state index contributed by atoms with van der Waals surface area (Å²) in [6.45, 7) is 5.16. The Bertz CT molecular complexity index is 1290. The number of allylic oxidation sites excluding steroid dienone is 2. The molecular formula is C28H32N2O2S. The van der Waals surface area contributed by atoms with Gasteiger partial charge >= 0.3 is 0 Å². The topological polar surface area (TPSA) is 49.4 Å². The molecule has 0 amide bonds. The highest BCUT2D eigenvalue weighted by atomic mass is 32.2. The molecule has 5 rings (SSSR count). The Morgan fingerprint density at radius 1 is 0.939 bits per heavy atom. The van der Waals surface area contributed by atoms with Crippen LogP contribution in [0.15, 0.2) is 77.7 Å². The van der Waals surface area contributed by atoms with Gasteiger partial charge in [0.1, 0.15) is 0 Å². The zero-order valence-corrected chi connectivity index (χ0v) is 20.2. The molecule has 33 heavy (non-hydrogen) atoms. The number of hydrogen-bond acceptors (Lipinski definition) is 3. The molecule has 0 saturated heterocycles. The van der Waals surface area contributed by atoms with Gasteiger partial charge in [0.2, 0.25) is 10.0 Å². The van der Waals surface area contributed by atoms with Gasteiger partial charge in [0.05, 0.1) is 10.9 Å². The second kappa shape index (κ2) is 8.96. The molecule has 0 fully saturated rings. The van der Waals surface area contributed by atoms with Gasteiger partial charge in [0.15, 0.2) is 0 Å². The van der Waals surface area contributed by atoms with Crippen LogP contribution in [0.1, 0.15) is 56.2 Å². The molecule has 0 aromatic heterocycles. The molecule has 1 aliphatic carbocycles. The Morgan fingerprint density at radius 3 is 2.48 bits per heavy atom. The van der Waals surface area contributed by atoms with Crippen LogP contribution in [0.25, 0.3) is 10.8 Å². The van der Waals surface area contributed by atoms with Crippen LogP contribution in [0.4, 0.5) is 5.69 Å². The summed E-state index contributed by atoms with van der Waals surface area (Å²) >= 11 is 0. The quantitative estimate of drug-likeness (QED) is 0.411. The fraction of sp³-hybridized carbons (Fsp3) is 0.357. The maximum Gasteiger partial charge on any atom is 0.243 e. The molecule has 5 heteroatoms. The number of nitrogens with one attached hydrogen (secondary N) is 1. The number of nitrogens with zero attached hydrogens (tertiary/aromatic N) is 1. The molecule has 1 heterocycles. The summed E-state index contributed by atoms with van der Waals surface area (Å²) < 4.78 is 28.5. The van der Waals surface area contributed by atoms with Crippen molar-refractivity contribution < 1.29 is 8.42 Å². The molecule has 3 unspecified atom stereocenters. The maximum absolute atomic E-state index is 13.4. The molecule has 2 aliphatic rings. The Kier molecular flexibility index (Phi) is 6.02. The van der Waals surface area contributed by atoms with Crippen molar-refractivity contribution in [2.45, 2.75) is 50.0 Å². The van der Waals surface area contributed by atoms with Gasteiger partial charge in [-0.2, -0.15) is 4.31 Å². The number of anilines is 1. The average molecular weight is 461 g/mol. The number of sulfonamides is 1. The van der Waals surface area contributed by atoms with Crippen LogP contribution in [0, 0.1) is 5.92 Å². The monoisotopic (exact) mass is 460 g/mol. The second-order valence-electron chi connectivity index (χ2n) is 9.20. The van der Waals surface area contributed by atoms with Crippen molar-refractivity contribution in [2.75, 3.05) is 18.4 Å². The first-order valence-corrected chi connectivity index (χ1v) is 13.5. The van der Waals surface area contributed by atoms with E-state index in [1.165, 1.54) is 16.3 Å². The lowest BCUT2D eigenvalue weighted by Gasteiger charge is -2.38. The number of benzene rings is 3. The van der Waals surface area contributed by atoms with Crippen LogP contribution in [-0.4, -0.2) is 25.8 Å². The zero-order valence-electron chi connectivity index (χ0n) is 19.4. The summed E-state index contributed by atoms with van der Waals surface area (Å²) in [4.78, 5) is 0.410. The number of fused-ring (bicyclic) bond motifs is 4. The first-order chi connectivity index (χ1) is 16.0. The lowest BCUT2D eigenvalue weighted by atomic mass is 9.76. The van der Waals surface area contributed by atoms with E-state index >= 15 is 0 Å². The lowest BCUT2D eigenvalue weighted by Crippen LogP contribution is -2.33. The average Bonchev–Trinajstić information content (AvgIpc) is 3.33. The van der Waals surface area contributed by atoms with Gasteiger partial charge in [0, 0.05) is 24.7 Å². The third-order valence-corrected chi connectivity index (χ3v) is 8.97. The van der Waals surface area contributed by atoms with E-state index < -0.39 is 10.0 Å². The molecule has 0 spiro atoms. The van der Waals surface area contributed by atoms with Gasteiger partial charge in [-0.3, -0.25) is 0 Å². The van der Waals surface area contributed by atoms with Gasteiger partial charge in [-0.1, -0.05) is 68.5 Å². The van der Waals surface area contributed by atoms with Crippen molar-refractivity contribution in [3.05, 3.63) is 83.9 Å². The van der Waals surface area contributed by atoms with Gasteiger partial charge in [0.25, 0.3) is 0 Å². The van der Waals surface area contributed by atoms with Crippen molar-refractivity contribution in [1.29, 1.82) is 0 Å². The standard InChI is InChI=1S/C28H32N2O2S/c1-3-17-30(18-4-2)33(31,32)21-15-16-27-26(19-21)23-12-8-14-25(23)28(29-27)24-13-7-10-20-9-5-6-11-22(20)24/h5-13,15-16,19,23,25,28-29H,3-4,14,17-18H2,1-2H3. The Labute approximate surface area is 197 Å². The van der Waals surface area contributed by atoms with E-state index in [9.17, 15) is 8.42 Å². The minimum atomic E-state index is -3.50. The highest BCUT2D eigenvalue weighted by molar-refractivity contribution is 7.89. The molecule has 0 radical (unpaired) electrons. The Balaban J connectivity index is 1.55. The van der Waals surface area contributed by atoms with Gasteiger partial charge in [-0.05, 0) is 65.3 Å². The maximum atomic E-state index is 13.4. The minimum absolute atomic E-state index is 0.183. The van der Waals surface area contributed by atoms with Crippen molar-refractivity contribution in [3.8, 4) is 0 Å². The highest BCUT2D eigenvalue weighted by Gasteiger charge is 2.39. The molecule has 172 valence electrons. The minimum Gasteiger partial charge on any atom is -0.378 e. The van der Waals surface area contributed by atoms with Crippen molar-refractivity contribution in [2.24, 2.45) is 5.92 Å². The first-order valence-electron chi connectivity index (χ1n) is 12.1. The third kappa shape index (κ3) is 3.87. The first kappa shape index (κ1) is 22.2. The van der Waals surface area contributed by atoms with Crippen LogP contribution in [-0.2, 0) is 10.0 Å². The number of hydrogen-bond donors (Lipinski definition) is 1. The summed E-state index contributed by atoms with van der Waals surface area (Å²) in [7, 11) is -3.50. The van der Waals surface area contributed by atoms with E-state index in [1.54, 1.807) is 10.4 Å². The molecule has 0 saturated carbocycles. The number of rotatable bonds is 7. The van der Waals surface area contributed by atoms with E-state index in [-0.39, 0.29) is 12.0 Å². The van der Waals surface area contributed by atoms with Gasteiger partial charge < -0.3 is 5.32 Å². The van der Waals surface area contributed by atoms with Crippen LogP contribution < -0.4 is 5.32 Å². The summed E-state index contributed by atoms with van der Waals surface area (Å²) in [5.41, 5.74) is 3.45. The largest absolute Gasteiger partial charge is 0.378 e. The van der Waals surface area contributed by atoms with E-state index in [1.807, 2.05) is 26.0 Å². The van der Waals surface area contributed by atoms with Crippen molar-refractivity contribution >= 4 is 26.5 Å². The Hall–Kier alpha value is -2.63. The predicted molar refractivity (Wildman–Crippen MR) is 136 cm³/mol. The fourth-order valence-electron chi connectivity index (χ4n) is 5.56. The second-order valence-corrected chi connectivity index (χ2v) is 11.1. The van der Waals surface area contributed by atoms with Crippen LogP contribution in [0.3, 0.4) is 0 Å². The SMILES string of the molecule is CCCN(CCC)S(=O)(=O)c1ccc2c(c1)C1C=CCC1C(c1cccc3ccccc13)N2. The van der Waals surface area contributed by atoms with E-state index in [0.29, 0.717) is 23.9 Å². The van der Waals surface area contributed by atoms with E-state index in [0.717, 1.165) is 30.5 Å². The zero-order chi connectivity index (χ0) is 23.0. The lowest BCUT2D eigenvalue weighted by molar-refractivity contribution is 0.409. The predicted octanol–water partition coefficient (Wildman–Crippen LogP) is 6.48. The summed E-state index contributed by atoms with van der Waals surface area (Å²) in [5, 5.41) is 6.31. The van der Waals surface area contributed by atoms with Crippen LogP contribution >= 0.6 is 0 Å². The van der Waals surface area contributed by atoms with Crippen molar-refractivity contribution in [3.63, 3.8) is 0 Å². The molecule has 1 N–H and O–H groups in total. The van der Waals surface area contributed by atoms with E-state index in [4.69, 9.17) is 0 Å². The third-order valence-electron chi connectivity index (χ3n) is 7.08. The molecule has 4 nitrogen and oxygen atoms in total. The normalized spacial score (nSPS) is 21.7. The van der Waals surface area contributed by atoms with E-state index in [2.05, 4.69) is 59.9 Å². The van der Waals surface area contributed by atoms with Gasteiger partial charge in [-0.25, -0.2) is 8.42 Å². The highest BCUT2D eigenvalue weighted by Crippen LogP contribution is 2.51. The Morgan fingerprint density at radius 2 is 1.70 bits per heavy atom. The molecule has 3 aromatic carbocycles. The summed E-state index contributed by atoms with van der Waals surface area (Å²) in [5.74, 6) is 0.579. The molecule has 1 aliphatic heterocycles. The summed E-state index contributed by atoms with van der Waals surface area (Å²) in [6.07, 6.45) is 7.14. The molecule has 0 bridgehead atoms. The molecule has 3 aromatic rings. The smallest absolute Gasteiger partial charge is 0.243 e. The summed E-state index contributed by atoms with van der Waals surface area (Å²) in [6, 6.07) is 20.9. The van der Waals surface area contributed by atoms with Crippen LogP contribution in [0.2, 0.25) is 0 Å².